The highest BCUT2D eigenvalue weighted by Gasteiger charge is 2.06. The van der Waals surface area contributed by atoms with Gasteiger partial charge in [-0.2, -0.15) is 0 Å². The fourth-order valence-corrected chi connectivity index (χ4v) is 0.847. The van der Waals surface area contributed by atoms with E-state index in [0.29, 0.717) is 5.92 Å². The van der Waals surface area contributed by atoms with Crippen LogP contribution in [0.4, 0.5) is 5.69 Å². The summed E-state index contributed by atoms with van der Waals surface area (Å²) >= 11 is 0. The molecule has 0 bridgehead atoms. The van der Waals surface area contributed by atoms with Crippen LogP contribution in [0.5, 0.6) is 0 Å². The summed E-state index contributed by atoms with van der Waals surface area (Å²) in [6.07, 6.45) is 1.54. The first-order valence-electron chi connectivity index (χ1n) is 4.28. The van der Waals surface area contributed by atoms with E-state index in [1.807, 2.05) is 13.8 Å². The molecule has 1 aromatic heterocycles. The molecule has 6 heteroatoms. The van der Waals surface area contributed by atoms with Gasteiger partial charge in [-0.25, -0.2) is 0 Å². The molecule has 0 fully saturated rings. The number of nitro groups is 1. The lowest BCUT2D eigenvalue weighted by Gasteiger charge is -2.01. The minimum atomic E-state index is -0.447. The van der Waals surface area contributed by atoms with E-state index in [1.54, 1.807) is 6.07 Å². The number of aromatic nitrogens is 1. The topological polar surface area (TPSA) is 99.1 Å². The van der Waals surface area contributed by atoms with Gasteiger partial charge in [-0.05, 0) is 12.0 Å². The van der Waals surface area contributed by atoms with Gasteiger partial charge in [0.1, 0.15) is 6.20 Å². The van der Waals surface area contributed by atoms with Crippen LogP contribution in [0, 0.1) is 10.1 Å². The van der Waals surface area contributed by atoms with E-state index in [2.05, 4.69) is 10.7 Å². The van der Waals surface area contributed by atoms with Gasteiger partial charge in [-0.15, -0.1) is 0 Å². The number of hydrogen-bond acceptors (Lipinski definition) is 4. The number of hydrogen-bond donors (Lipinski definition) is 1. The standard InChI is InChI=1S/C8H10N2O2.CH3NO/c1-6(2)8-4-3-7(5-9-8)10(11)12;2-1-3/h3-6H,1-2H3;1H,(H2,2,3). The number of nitrogens with zero attached hydrogens (tertiary/aromatic N) is 2. The highest BCUT2D eigenvalue weighted by Crippen LogP contribution is 2.14. The van der Waals surface area contributed by atoms with Crippen molar-refractivity contribution in [2.45, 2.75) is 19.8 Å². The van der Waals surface area contributed by atoms with Gasteiger partial charge in [-0.3, -0.25) is 19.9 Å². The molecule has 0 saturated carbocycles. The first-order valence-corrected chi connectivity index (χ1v) is 4.28. The molecule has 1 rings (SSSR count). The number of carbonyl (C=O) groups is 1. The van der Waals surface area contributed by atoms with Gasteiger partial charge >= 0.3 is 0 Å². The van der Waals surface area contributed by atoms with Crippen molar-refractivity contribution in [1.29, 1.82) is 0 Å². The van der Waals surface area contributed by atoms with Crippen LogP contribution in [0.25, 0.3) is 0 Å². The molecule has 82 valence electrons. The highest BCUT2D eigenvalue weighted by molar-refractivity contribution is 5.42. The first kappa shape index (κ1) is 13.0. The molecule has 1 aromatic rings. The second-order valence-corrected chi connectivity index (χ2v) is 2.99. The van der Waals surface area contributed by atoms with Crippen molar-refractivity contribution in [3.8, 4) is 0 Å². The molecule has 0 aromatic carbocycles. The normalized spacial score (nSPS) is 9.00. The summed E-state index contributed by atoms with van der Waals surface area (Å²) < 4.78 is 0. The van der Waals surface area contributed by atoms with E-state index in [9.17, 15) is 10.1 Å². The van der Waals surface area contributed by atoms with Crippen molar-refractivity contribution in [2.75, 3.05) is 0 Å². The van der Waals surface area contributed by atoms with Gasteiger partial charge in [0.05, 0.1) is 4.92 Å². The Kier molecular flexibility index (Phi) is 5.62. The summed E-state index contributed by atoms with van der Waals surface area (Å²) in [5.41, 5.74) is 5.08. The molecule has 0 atom stereocenters. The number of nitrogens with two attached hydrogens (primary N) is 1. The zero-order valence-electron chi connectivity index (χ0n) is 8.58. The van der Waals surface area contributed by atoms with E-state index in [0.717, 1.165) is 5.69 Å². The number of pyridine rings is 1. The van der Waals surface area contributed by atoms with Crippen molar-refractivity contribution in [2.24, 2.45) is 5.73 Å². The third kappa shape index (κ3) is 4.70. The van der Waals surface area contributed by atoms with Crippen molar-refractivity contribution in [3.05, 3.63) is 34.1 Å². The van der Waals surface area contributed by atoms with Crippen molar-refractivity contribution in [1.82, 2.24) is 4.98 Å². The van der Waals surface area contributed by atoms with E-state index in [1.165, 1.54) is 12.3 Å². The van der Waals surface area contributed by atoms with Crippen molar-refractivity contribution < 1.29 is 9.72 Å². The molecule has 6 nitrogen and oxygen atoms in total. The molecular weight excluding hydrogens is 198 g/mol. The minimum Gasteiger partial charge on any atom is -0.372 e. The van der Waals surface area contributed by atoms with Crippen molar-refractivity contribution in [3.63, 3.8) is 0 Å². The number of carbonyl (C=O) groups excluding carboxylic acids is 1. The van der Waals surface area contributed by atoms with E-state index in [4.69, 9.17) is 4.79 Å². The van der Waals surface area contributed by atoms with Gasteiger partial charge in [-0.1, -0.05) is 13.8 Å². The number of primary amides is 1. The molecule has 0 unspecified atom stereocenters. The summed E-state index contributed by atoms with van der Waals surface area (Å²) in [6.45, 7) is 3.99. The molecule has 2 N–H and O–H groups in total. The lowest BCUT2D eigenvalue weighted by Crippen LogP contribution is -1.94. The first-order chi connectivity index (χ1) is 7.02. The van der Waals surface area contributed by atoms with Gasteiger partial charge in [0.25, 0.3) is 5.69 Å². The summed E-state index contributed by atoms with van der Waals surface area (Å²) in [7, 11) is 0. The molecule has 0 aliphatic heterocycles. The maximum Gasteiger partial charge on any atom is 0.287 e. The van der Waals surface area contributed by atoms with Gasteiger partial charge < -0.3 is 5.73 Å². The number of rotatable bonds is 2. The monoisotopic (exact) mass is 211 g/mol. The average molecular weight is 211 g/mol. The Morgan fingerprint density at radius 2 is 2.07 bits per heavy atom. The molecular formula is C9H13N3O3. The van der Waals surface area contributed by atoms with Crippen LogP contribution in [0.2, 0.25) is 0 Å². The Hall–Kier alpha value is -1.98. The van der Waals surface area contributed by atoms with Crippen LogP contribution in [-0.2, 0) is 4.79 Å². The molecule has 0 saturated heterocycles. The minimum absolute atomic E-state index is 0.0411. The Bertz CT molecular complexity index is 322. The predicted molar refractivity (Wildman–Crippen MR) is 55.2 cm³/mol. The Morgan fingerprint density at radius 3 is 2.33 bits per heavy atom. The molecule has 1 amide bonds. The van der Waals surface area contributed by atoms with Crippen LogP contribution in [-0.4, -0.2) is 16.3 Å². The fourth-order valence-electron chi connectivity index (χ4n) is 0.847. The predicted octanol–water partition coefficient (Wildman–Crippen LogP) is 1.21. The molecule has 0 aliphatic rings. The number of amides is 1. The Labute approximate surface area is 87.3 Å². The maximum atomic E-state index is 10.2. The molecule has 0 radical (unpaired) electrons. The van der Waals surface area contributed by atoms with Crippen LogP contribution in [0.1, 0.15) is 25.5 Å². The SMILES string of the molecule is CC(C)c1ccc([N+](=O)[O-])cn1.NC=O. The Balaban J connectivity index is 0.000000583. The molecule has 15 heavy (non-hydrogen) atoms. The molecule has 1 heterocycles. The fraction of sp³-hybridized carbons (Fsp3) is 0.333. The van der Waals surface area contributed by atoms with Gasteiger partial charge in [0, 0.05) is 11.8 Å². The average Bonchev–Trinajstić information content (AvgIpc) is 2.19. The summed E-state index contributed by atoms with van der Waals surface area (Å²) in [5.74, 6) is 0.311. The Morgan fingerprint density at radius 1 is 1.53 bits per heavy atom. The molecule has 0 spiro atoms. The second-order valence-electron chi connectivity index (χ2n) is 2.99. The van der Waals surface area contributed by atoms with E-state index >= 15 is 0 Å². The largest absolute Gasteiger partial charge is 0.372 e. The zero-order valence-corrected chi connectivity index (χ0v) is 8.58. The zero-order chi connectivity index (χ0) is 11.8. The van der Waals surface area contributed by atoms with E-state index < -0.39 is 4.92 Å². The van der Waals surface area contributed by atoms with Crippen molar-refractivity contribution >= 4 is 12.1 Å². The summed E-state index contributed by atoms with van der Waals surface area (Å²) in [6, 6.07) is 3.16. The summed E-state index contributed by atoms with van der Waals surface area (Å²) in [5, 5.41) is 10.2. The van der Waals surface area contributed by atoms with Gasteiger partial charge in [0.2, 0.25) is 6.41 Å². The van der Waals surface area contributed by atoms with Crippen LogP contribution in [0.15, 0.2) is 18.3 Å². The third-order valence-electron chi connectivity index (χ3n) is 1.57. The summed E-state index contributed by atoms with van der Waals surface area (Å²) in [4.78, 5) is 22.3. The third-order valence-corrected chi connectivity index (χ3v) is 1.57. The molecule has 0 aliphatic carbocycles. The highest BCUT2D eigenvalue weighted by atomic mass is 16.6. The second kappa shape index (κ2) is 6.47. The lowest BCUT2D eigenvalue weighted by atomic mass is 10.1. The van der Waals surface area contributed by atoms with E-state index in [-0.39, 0.29) is 12.1 Å². The maximum absolute atomic E-state index is 10.2. The quantitative estimate of drug-likeness (QED) is 0.451. The smallest absolute Gasteiger partial charge is 0.287 e. The van der Waals surface area contributed by atoms with Crippen LogP contribution >= 0.6 is 0 Å². The lowest BCUT2D eigenvalue weighted by molar-refractivity contribution is -0.385. The van der Waals surface area contributed by atoms with Gasteiger partial charge in [0.15, 0.2) is 0 Å². The van der Waals surface area contributed by atoms with Crippen LogP contribution < -0.4 is 5.73 Å². The van der Waals surface area contributed by atoms with Crippen LogP contribution in [0.3, 0.4) is 0 Å².